The van der Waals surface area contributed by atoms with Crippen molar-refractivity contribution >= 4 is 28.3 Å². The maximum absolute atomic E-state index is 13.1. The van der Waals surface area contributed by atoms with Gasteiger partial charge in [0, 0.05) is 5.56 Å². The third-order valence-corrected chi connectivity index (χ3v) is 5.52. The average molecular weight is 375 g/mol. The Bertz CT molecular complexity index is 1030. The minimum absolute atomic E-state index is 0.0667. The zero-order chi connectivity index (χ0) is 18.8. The van der Waals surface area contributed by atoms with Crippen molar-refractivity contribution in [3.63, 3.8) is 0 Å². The molecule has 0 spiro atoms. The first kappa shape index (κ1) is 17.5. The van der Waals surface area contributed by atoms with E-state index in [0.29, 0.717) is 0 Å². The number of nitrogens with one attached hydrogen (secondary N) is 2. The van der Waals surface area contributed by atoms with Gasteiger partial charge in [-0.1, -0.05) is 56.3 Å². The van der Waals surface area contributed by atoms with Gasteiger partial charge in [0.05, 0.1) is 22.0 Å². The molecule has 27 heavy (non-hydrogen) atoms. The average Bonchev–Trinajstić information content (AvgIpc) is 3.33. The Morgan fingerprint density at radius 3 is 2.52 bits per heavy atom. The summed E-state index contributed by atoms with van der Waals surface area (Å²) in [5.74, 6) is 0.926. The second-order valence-electron chi connectivity index (χ2n) is 6.86. The maximum atomic E-state index is 13.1. The lowest BCUT2D eigenvalue weighted by Crippen LogP contribution is -2.32. The number of hydrogen-bond donors (Lipinski definition) is 2. The lowest BCUT2D eigenvalue weighted by Gasteiger charge is -2.20. The standard InChI is InChI=1S/C22H21N3OS/c1-14(2)19(21-23-17-10-6-7-11-18(17)24-21)25-22(26)20-16(12-13-27-20)15-8-4-3-5-9-15/h3-14,19H,1-2H3,(H,23,24)(H,25,26)/t19-/m0/s1. The summed E-state index contributed by atoms with van der Waals surface area (Å²) in [5, 5.41) is 5.15. The molecule has 1 atom stereocenters. The van der Waals surface area contributed by atoms with Crippen LogP contribution in [0.15, 0.2) is 66.0 Å². The smallest absolute Gasteiger partial charge is 0.262 e. The van der Waals surface area contributed by atoms with Crippen LogP contribution in [0, 0.1) is 5.92 Å². The Hall–Kier alpha value is -2.92. The van der Waals surface area contributed by atoms with Crippen LogP contribution in [-0.2, 0) is 0 Å². The zero-order valence-electron chi connectivity index (χ0n) is 15.3. The second kappa shape index (κ2) is 7.37. The number of carbonyl (C=O) groups excluding carboxylic acids is 1. The van der Waals surface area contributed by atoms with Gasteiger partial charge in [0.1, 0.15) is 5.82 Å². The highest BCUT2D eigenvalue weighted by Crippen LogP contribution is 2.29. The van der Waals surface area contributed by atoms with Gasteiger partial charge in [-0.25, -0.2) is 4.98 Å². The second-order valence-corrected chi connectivity index (χ2v) is 7.78. The van der Waals surface area contributed by atoms with Crippen LogP contribution >= 0.6 is 11.3 Å². The van der Waals surface area contributed by atoms with Gasteiger partial charge >= 0.3 is 0 Å². The molecule has 2 aromatic heterocycles. The fraction of sp³-hybridized carbons (Fsp3) is 0.182. The van der Waals surface area contributed by atoms with E-state index in [1.165, 1.54) is 11.3 Å². The molecule has 136 valence electrons. The van der Waals surface area contributed by atoms with E-state index in [1.54, 1.807) is 0 Å². The number of amides is 1. The number of imidazole rings is 1. The molecule has 0 aliphatic heterocycles. The summed E-state index contributed by atoms with van der Waals surface area (Å²) in [6.45, 7) is 4.18. The molecule has 0 fully saturated rings. The van der Waals surface area contributed by atoms with Crippen LogP contribution in [-0.4, -0.2) is 15.9 Å². The minimum Gasteiger partial charge on any atom is -0.341 e. The number of H-pyrrole nitrogens is 1. The maximum Gasteiger partial charge on any atom is 0.262 e. The fourth-order valence-corrected chi connectivity index (χ4v) is 4.03. The van der Waals surface area contributed by atoms with Crippen molar-refractivity contribution in [2.24, 2.45) is 5.92 Å². The lowest BCUT2D eigenvalue weighted by molar-refractivity contribution is 0.0928. The summed E-state index contributed by atoms with van der Waals surface area (Å²) in [7, 11) is 0. The highest BCUT2D eigenvalue weighted by molar-refractivity contribution is 7.12. The summed E-state index contributed by atoms with van der Waals surface area (Å²) >= 11 is 1.46. The van der Waals surface area contributed by atoms with E-state index < -0.39 is 0 Å². The van der Waals surface area contributed by atoms with Crippen molar-refractivity contribution in [1.82, 2.24) is 15.3 Å². The number of aromatic amines is 1. The number of benzene rings is 2. The molecule has 2 aromatic carbocycles. The van der Waals surface area contributed by atoms with E-state index in [2.05, 4.69) is 29.1 Å². The van der Waals surface area contributed by atoms with E-state index in [0.717, 1.165) is 32.9 Å². The monoisotopic (exact) mass is 375 g/mol. The largest absolute Gasteiger partial charge is 0.341 e. The molecule has 4 aromatic rings. The molecule has 5 heteroatoms. The van der Waals surface area contributed by atoms with Crippen molar-refractivity contribution < 1.29 is 4.79 Å². The van der Waals surface area contributed by atoms with Crippen LogP contribution in [0.2, 0.25) is 0 Å². The first-order valence-corrected chi connectivity index (χ1v) is 9.90. The first-order chi connectivity index (χ1) is 13.1. The van der Waals surface area contributed by atoms with Crippen molar-refractivity contribution in [2.75, 3.05) is 0 Å². The van der Waals surface area contributed by atoms with Gasteiger partial charge in [-0.2, -0.15) is 0 Å². The molecule has 4 rings (SSSR count). The molecule has 0 unspecified atom stereocenters. The van der Waals surface area contributed by atoms with E-state index in [1.807, 2.05) is 66.0 Å². The molecule has 0 aliphatic carbocycles. The van der Waals surface area contributed by atoms with Crippen LogP contribution in [0.1, 0.15) is 35.4 Å². The van der Waals surface area contributed by atoms with Gasteiger partial charge in [-0.3, -0.25) is 4.79 Å². The number of rotatable bonds is 5. The van der Waals surface area contributed by atoms with Crippen LogP contribution in [0.3, 0.4) is 0 Å². The third kappa shape index (κ3) is 3.51. The predicted octanol–water partition coefficient (Wildman–Crippen LogP) is 5.42. The quantitative estimate of drug-likeness (QED) is 0.489. The van der Waals surface area contributed by atoms with Gasteiger partial charge in [-0.05, 0) is 35.1 Å². The molecule has 2 N–H and O–H groups in total. The summed E-state index contributed by atoms with van der Waals surface area (Å²) in [6, 6.07) is 19.7. The van der Waals surface area contributed by atoms with Gasteiger partial charge in [-0.15, -0.1) is 11.3 Å². The van der Waals surface area contributed by atoms with Crippen LogP contribution in [0.5, 0.6) is 0 Å². The Balaban J connectivity index is 1.63. The molecule has 2 heterocycles. The van der Waals surface area contributed by atoms with Gasteiger partial charge in [0.15, 0.2) is 0 Å². The predicted molar refractivity (Wildman–Crippen MR) is 111 cm³/mol. The normalized spacial score (nSPS) is 12.4. The molecular formula is C22H21N3OS. The summed E-state index contributed by atoms with van der Waals surface area (Å²) < 4.78 is 0. The minimum atomic E-state index is -0.185. The molecule has 0 radical (unpaired) electrons. The van der Waals surface area contributed by atoms with E-state index in [9.17, 15) is 4.79 Å². The SMILES string of the molecule is CC(C)[C@H](NC(=O)c1sccc1-c1ccccc1)c1nc2ccccc2[nH]1. The number of hydrogen-bond acceptors (Lipinski definition) is 3. The summed E-state index contributed by atoms with van der Waals surface area (Å²) in [6.07, 6.45) is 0. The molecule has 0 saturated heterocycles. The number of aromatic nitrogens is 2. The highest BCUT2D eigenvalue weighted by atomic mass is 32.1. The molecule has 0 aliphatic rings. The van der Waals surface area contributed by atoms with E-state index in [4.69, 9.17) is 0 Å². The zero-order valence-corrected chi connectivity index (χ0v) is 16.1. The number of para-hydroxylation sites is 2. The van der Waals surface area contributed by atoms with Crippen molar-refractivity contribution in [3.05, 3.63) is 76.7 Å². The fourth-order valence-electron chi connectivity index (χ4n) is 3.21. The molecule has 1 amide bonds. The topological polar surface area (TPSA) is 57.8 Å². The number of thiophene rings is 1. The summed E-state index contributed by atoms with van der Waals surface area (Å²) in [5.41, 5.74) is 3.90. The highest BCUT2D eigenvalue weighted by Gasteiger charge is 2.24. The number of nitrogens with zero attached hydrogens (tertiary/aromatic N) is 1. The van der Waals surface area contributed by atoms with Crippen LogP contribution in [0.4, 0.5) is 0 Å². The number of fused-ring (bicyclic) bond motifs is 1. The Morgan fingerprint density at radius 1 is 1.04 bits per heavy atom. The Kier molecular flexibility index (Phi) is 4.77. The van der Waals surface area contributed by atoms with E-state index in [-0.39, 0.29) is 17.9 Å². The van der Waals surface area contributed by atoms with Crippen molar-refractivity contribution in [1.29, 1.82) is 0 Å². The number of carbonyl (C=O) groups is 1. The van der Waals surface area contributed by atoms with E-state index >= 15 is 0 Å². The van der Waals surface area contributed by atoms with Crippen molar-refractivity contribution in [3.8, 4) is 11.1 Å². The molecule has 4 nitrogen and oxygen atoms in total. The van der Waals surface area contributed by atoms with Gasteiger partial charge < -0.3 is 10.3 Å². The summed E-state index contributed by atoms with van der Waals surface area (Å²) in [4.78, 5) is 21.8. The lowest BCUT2D eigenvalue weighted by atomic mass is 10.0. The first-order valence-electron chi connectivity index (χ1n) is 9.02. The van der Waals surface area contributed by atoms with Gasteiger partial charge in [0.2, 0.25) is 0 Å². The third-order valence-electron chi connectivity index (χ3n) is 4.61. The molecule has 0 saturated carbocycles. The molecular weight excluding hydrogens is 354 g/mol. The van der Waals surface area contributed by atoms with Crippen LogP contribution in [0.25, 0.3) is 22.2 Å². The van der Waals surface area contributed by atoms with Gasteiger partial charge in [0.25, 0.3) is 5.91 Å². The Morgan fingerprint density at radius 2 is 1.78 bits per heavy atom. The van der Waals surface area contributed by atoms with Crippen LogP contribution < -0.4 is 5.32 Å². The van der Waals surface area contributed by atoms with Crippen molar-refractivity contribution in [2.45, 2.75) is 19.9 Å². The molecule has 0 bridgehead atoms. The Labute approximate surface area is 162 Å².